The molecule has 2 aromatic heterocycles. The van der Waals surface area contributed by atoms with Crippen LogP contribution >= 0.6 is 0 Å². The van der Waals surface area contributed by atoms with E-state index in [1.165, 1.54) is 93.3 Å². The Balaban J connectivity index is 0.899. The number of hydrogen-bond acceptors (Lipinski definition) is 4. The number of unbranched alkanes of at least 4 members (excludes halogenated alkanes) is 6. The Bertz CT molecular complexity index is 3890. The highest BCUT2D eigenvalue weighted by Crippen LogP contribution is 2.40. The van der Waals surface area contributed by atoms with Crippen molar-refractivity contribution in [1.82, 2.24) is 9.13 Å². The topological polar surface area (TPSA) is 41.1 Å². The van der Waals surface area contributed by atoms with Gasteiger partial charge in [0.2, 0.25) is 0 Å². The van der Waals surface area contributed by atoms with Gasteiger partial charge >= 0.3 is 0 Å². The van der Waals surface area contributed by atoms with Crippen LogP contribution in [0.1, 0.15) is 97.8 Å². The molecule has 6 nitrogen and oxygen atoms in total. The lowest BCUT2D eigenvalue weighted by molar-refractivity contribution is 0.418. The summed E-state index contributed by atoms with van der Waals surface area (Å²) in [6, 6.07) is 90.6. The van der Waals surface area contributed by atoms with Crippen LogP contribution in [-0.2, 0) is 0 Å². The minimum absolute atomic E-state index is 0.00219. The summed E-state index contributed by atoms with van der Waals surface area (Å²) in [5.74, 6) is 0. The predicted octanol–water partition coefficient (Wildman–Crippen LogP) is 20.8. The molecule has 0 fully saturated rings. The molecule has 10 aromatic carbocycles. The van der Waals surface area contributed by atoms with Gasteiger partial charge in [-0.3, -0.25) is 0 Å². The van der Waals surface area contributed by atoms with Gasteiger partial charge in [0.1, 0.15) is 6.17 Å². The Labute approximate surface area is 482 Å². The maximum Gasteiger partial charge on any atom is 0.111 e. The van der Waals surface area contributed by atoms with Gasteiger partial charge in [-0.25, -0.2) is 10.0 Å². The highest BCUT2D eigenvalue weighted by atomic mass is 15.5. The molecule has 82 heavy (non-hydrogen) atoms. The average Bonchev–Trinajstić information content (AvgIpc) is 4.22. The van der Waals surface area contributed by atoms with E-state index < -0.39 is 0 Å². The smallest absolute Gasteiger partial charge is 0.111 e. The van der Waals surface area contributed by atoms with Crippen molar-refractivity contribution in [3.8, 4) is 0 Å². The van der Waals surface area contributed by atoms with Crippen molar-refractivity contribution in [2.75, 3.05) is 10.0 Å². The SMILES string of the molecule is CCCCCCCCCC(n1c2ccccc2c2cc(C=NN(c3ccccc3)c3ccc(C=Cc4ccccc4)cc3)ccc21)n1c2ccccc2c2cc(C=NN(c3ccccc3)c3ccc(C=Cc4ccccc4)cc3)ccc21. The molecule has 0 N–H and O–H groups in total. The maximum atomic E-state index is 5.22. The molecule has 0 radical (unpaired) electrons. The fraction of sp³-hybridized carbons (Fsp3) is 0.132. The van der Waals surface area contributed by atoms with Gasteiger partial charge in [0.15, 0.2) is 0 Å². The van der Waals surface area contributed by atoms with Crippen molar-refractivity contribution in [2.45, 2.75) is 64.5 Å². The van der Waals surface area contributed by atoms with E-state index in [0.29, 0.717) is 0 Å². The van der Waals surface area contributed by atoms with Crippen LogP contribution in [0.25, 0.3) is 67.9 Å². The van der Waals surface area contributed by atoms with E-state index in [2.05, 4.69) is 271 Å². The third-order valence-electron chi connectivity index (χ3n) is 15.6. The lowest BCUT2D eigenvalue weighted by atomic mass is 10.1. The summed E-state index contributed by atoms with van der Waals surface area (Å²) in [6.07, 6.45) is 22.3. The Morgan fingerprint density at radius 1 is 0.317 bits per heavy atom. The van der Waals surface area contributed by atoms with Crippen LogP contribution in [0.2, 0.25) is 0 Å². The Kier molecular flexibility index (Phi) is 16.5. The number of rotatable bonds is 22. The minimum Gasteiger partial charge on any atom is -0.319 e. The van der Waals surface area contributed by atoms with Crippen molar-refractivity contribution >= 4 is 103 Å². The molecular weight excluding hydrogens is 997 g/mol. The molecule has 0 unspecified atom stereocenters. The third kappa shape index (κ3) is 12.0. The molecule has 0 amide bonds. The first kappa shape index (κ1) is 52.9. The summed E-state index contributed by atoms with van der Waals surface area (Å²) in [6.45, 7) is 2.30. The Hall–Kier alpha value is -9.78. The van der Waals surface area contributed by atoms with Crippen LogP contribution in [-0.4, -0.2) is 21.6 Å². The van der Waals surface area contributed by atoms with E-state index in [9.17, 15) is 0 Å². The molecule has 402 valence electrons. The van der Waals surface area contributed by atoms with Crippen molar-refractivity contribution in [3.05, 3.63) is 288 Å². The first-order valence-corrected chi connectivity index (χ1v) is 29.2. The number of para-hydroxylation sites is 4. The van der Waals surface area contributed by atoms with Gasteiger partial charge in [-0.1, -0.05) is 240 Å². The van der Waals surface area contributed by atoms with Gasteiger partial charge in [0.05, 0.1) is 57.2 Å². The van der Waals surface area contributed by atoms with Crippen molar-refractivity contribution in [2.24, 2.45) is 10.2 Å². The van der Waals surface area contributed by atoms with Gasteiger partial charge in [0.25, 0.3) is 0 Å². The monoisotopic (exact) mass is 1060 g/mol. The van der Waals surface area contributed by atoms with Gasteiger partial charge in [-0.2, -0.15) is 10.2 Å². The second-order valence-corrected chi connectivity index (χ2v) is 21.2. The summed E-state index contributed by atoms with van der Waals surface area (Å²) >= 11 is 0. The van der Waals surface area contributed by atoms with Crippen LogP contribution < -0.4 is 10.0 Å². The summed E-state index contributed by atoms with van der Waals surface area (Å²) < 4.78 is 5.27. The largest absolute Gasteiger partial charge is 0.319 e. The maximum absolute atomic E-state index is 5.22. The zero-order chi connectivity index (χ0) is 55.3. The van der Waals surface area contributed by atoms with Crippen LogP contribution in [0.5, 0.6) is 0 Å². The zero-order valence-corrected chi connectivity index (χ0v) is 46.6. The molecule has 0 atom stereocenters. The molecule has 0 saturated carbocycles. The number of aromatic nitrogens is 2. The highest BCUT2D eigenvalue weighted by molar-refractivity contribution is 6.11. The van der Waals surface area contributed by atoms with Gasteiger partial charge in [-0.15, -0.1) is 0 Å². The summed E-state index contributed by atoms with van der Waals surface area (Å²) in [5, 5.41) is 19.4. The lowest BCUT2D eigenvalue weighted by Gasteiger charge is -2.26. The van der Waals surface area contributed by atoms with Crippen molar-refractivity contribution < 1.29 is 0 Å². The number of fused-ring (bicyclic) bond motifs is 6. The average molecular weight is 1070 g/mol. The van der Waals surface area contributed by atoms with Crippen molar-refractivity contribution in [1.29, 1.82) is 0 Å². The van der Waals surface area contributed by atoms with Crippen molar-refractivity contribution in [3.63, 3.8) is 0 Å². The molecule has 0 aliphatic carbocycles. The Morgan fingerprint density at radius 2 is 0.646 bits per heavy atom. The standard InChI is InChI=1S/C76H68N6/c1-2-3-4-5-6-7-20-37-76(79-72-35-23-21-33-68(72)70-54-62(46-52-74(70)79)56-77-81(64-29-16-10-17-30-64)66-48-42-60(43-49-66)40-38-58-25-12-8-13-26-58)80-73-36-24-22-34-69(73)71-55-63(47-53-75(71)80)57-78-82(65-31-18-11-19-32-65)67-50-44-61(45-51-67)41-39-59-27-14-9-15-28-59/h8-19,21-36,38-57,76H,2-7,20,37H2,1H3. The van der Waals surface area contributed by atoms with E-state index in [1.54, 1.807) is 0 Å². The van der Waals surface area contributed by atoms with E-state index in [1.807, 2.05) is 46.7 Å². The molecule has 0 bridgehead atoms. The van der Waals surface area contributed by atoms with Gasteiger partial charge in [0, 0.05) is 21.5 Å². The molecule has 0 aliphatic rings. The first-order valence-electron chi connectivity index (χ1n) is 29.2. The lowest BCUT2D eigenvalue weighted by Crippen LogP contribution is -2.18. The molecule has 6 heteroatoms. The van der Waals surface area contributed by atoms with E-state index >= 15 is 0 Å². The summed E-state index contributed by atoms with van der Waals surface area (Å²) in [5.41, 5.74) is 15.5. The number of hydrogen-bond donors (Lipinski definition) is 0. The van der Waals surface area contributed by atoms with Crippen LogP contribution in [0.4, 0.5) is 22.7 Å². The second-order valence-electron chi connectivity index (χ2n) is 21.2. The quantitative estimate of drug-likeness (QED) is 0.0294. The molecule has 0 aliphatic heterocycles. The fourth-order valence-electron chi connectivity index (χ4n) is 11.4. The van der Waals surface area contributed by atoms with Gasteiger partial charge < -0.3 is 9.13 Å². The normalized spacial score (nSPS) is 12.4. The molecule has 12 aromatic rings. The second kappa shape index (κ2) is 25.6. The molecule has 12 rings (SSSR count). The molecule has 0 saturated heterocycles. The highest BCUT2D eigenvalue weighted by Gasteiger charge is 2.24. The van der Waals surface area contributed by atoms with Crippen LogP contribution in [0, 0.1) is 0 Å². The van der Waals surface area contributed by atoms with Gasteiger partial charge in [-0.05, 0) is 131 Å². The number of anilines is 4. The zero-order valence-electron chi connectivity index (χ0n) is 46.6. The number of nitrogens with zero attached hydrogens (tertiary/aromatic N) is 6. The first-order chi connectivity index (χ1) is 40.6. The van der Waals surface area contributed by atoms with Crippen LogP contribution in [0.15, 0.2) is 265 Å². The number of benzene rings is 10. The molecular formula is C76H68N6. The van der Waals surface area contributed by atoms with E-state index in [4.69, 9.17) is 10.2 Å². The summed E-state index contributed by atoms with van der Waals surface area (Å²) in [4.78, 5) is 0. The van der Waals surface area contributed by atoms with E-state index in [0.717, 1.165) is 57.8 Å². The van der Waals surface area contributed by atoms with E-state index in [-0.39, 0.29) is 6.17 Å². The predicted molar refractivity (Wildman–Crippen MR) is 352 cm³/mol. The number of hydrazone groups is 2. The van der Waals surface area contributed by atoms with Crippen LogP contribution in [0.3, 0.4) is 0 Å². The minimum atomic E-state index is -0.00219. The molecule has 2 heterocycles. The molecule has 0 spiro atoms. The third-order valence-corrected chi connectivity index (χ3v) is 15.6. The fourth-order valence-corrected chi connectivity index (χ4v) is 11.4. The Morgan fingerprint density at radius 3 is 1.07 bits per heavy atom. The summed E-state index contributed by atoms with van der Waals surface area (Å²) in [7, 11) is 0.